The molecule has 0 saturated carbocycles. The van der Waals surface area contributed by atoms with Gasteiger partial charge < -0.3 is 5.32 Å². The zero-order valence-electron chi connectivity index (χ0n) is 12.6. The number of hydrogen-bond acceptors (Lipinski definition) is 7. The highest BCUT2D eigenvalue weighted by atomic mass is 32.1. The molecule has 0 spiro atoms. The molecule has 0 unspecified atom stereocenters. The van der Waals surface area contributed by atoms with Gasteiger partial charge in [-0.2, -0.15) is 9.61 Å². The summed E-state index contributed by atoms with van der Waals surface area (Å²) in [6, 6.07) is 7.72. The molecule has 10 heteroatoms. The molecular weight excluding hydrogens is 328 g/mol. The van der Waals surface area contributed by atoms with Crippen molar-refractivity contribution in [1.29, 1.82) is 0 Å². The van der Waals surface area contributed by atoms with Crippen LogP contribution < -0.4 is 5.32 Å². The fourth-order valence-corrected chi connectivity index (χ4v) is 2.89. The number of fused-ring (bicyclic) bond motifs is 1. The smallest absolute Gasteiger partial charge is 0.273 e. The number of thiophene rings is 1. The van der Waals surface area contributed by atoms with E-state index in [9.17, 15) is 4.79 Å². The molecule has 0 saturated heterocycles. The fraction of sp³-hybridized carbons (Fsp3) is 0.143. The molecule has 120 valence electrons. The largest absolute Gasteiger partial charge is 0.343 e. The first-order valence-electron chi connectivity index (χ1n) is 7.10. The fourth-order valence-electron chi connectivity index (χ4n) is 2.20. The first-order chi connectivity index (χ1) is 11.7. The van der Waals surface area contributed by atoms with E-state index < -0.39 is 0 Å². The molecule has 0 bridgehead atoms. The third kappa shape index (κ3) is 2.63. The second-order valence-corrected chi connectivity index (χ2v) is 5.99. The molecule has 0 aromatic carbocycles. The predicted octanol–water partition coefficient (Wildman–Crippen LogP) is 0.911. The average molecular weight is 340 g/mol. The molecular formula is C14H12N8OS. The number of aryl methyl sites for hydroxylation is 1. The lowest BCUT2D eigenvalue weighted by molar-refractivity contribution is 0.0944. The zero-order valence-corrected chi connectivity index (χ0v) is 13.4. The molecule has 1 amide bonds. The van der Waals surface area contributed by atoms with Crippen LogP contribution in [0, 0.1) is 0 Å². The molecule has 0 fully saturated rings. The Labute approximate surface area is 140 Å². The number of nitrogens with zero attached hydrogens (tertiary/aromatic N) is 7. The Bertz CT molecular complexity index is 1000. The number of aromatic nitrogens is 7. The van der Waals surface area contributed by atoms with Crippen LogP contribution >= 0.6 is 11.3 Å². The van der Waals surface area contributed by atoms with E-state index in [0.717, 1.165) is 10.6 Å². The van der Waals surface area contributed by atoms with Crippen LogP contribution in [0.4, 0.5) is 0 Å². The number of hydrogen-bond donors (Lipinski definition) is 1. The molecule has 0 aliphatic rings. The second kappa shape index (κ2) is 5.81. The van der Waals surface area contributed by atoms with Gasteiger partial charge in [0.2, 0.25) is 0 Å². The third-order valence-electron chi connectivity index (χ3n) is 3.34. The summed E-state index contributed by atoms with van der Waals surface area (Å²) in [6.07, 6.45) is 1.55. The normalized spacial score (nSPS) is 11.0. The maximum atomic E-state index is 12.0. The van der Waals surface area contributed by atoms with Gasteiger partial charge in [-0.15, -0.1) is 26.6 Å². The predicted molar refractivity (Wildman–Crippen MR) is 86.3 cm³/mol. The standard InChI is InChI=1S/C14H12N8OS/c1-21-8-10(16-20-21)14(23)15-7-13-18-17-12-5-4-9(19-22(12)13)11-3-2-6-24-11/h2-6,8H,7H2,1H3,(H,15,23). The Morgan fingerprint density at radius 1 is 1.25 bits per heavy atom. The van der Waals surface area contributed by atoms with Crippen molar-refractivity contribution >= 4 is 22.9 Å². The summed E-state index contributed by atoms with van der Waals surface area (Å²) in [5.41, 5.74) is 1.71. The van der Waals surface area contributed by atoms with Gasteiger partial charge in [-0.25, -0.2) is 0 Å². The average Bonchev–Trinajstić information content (AvgIpc) is 3.33. The van der Waals surface area contributed by atoms with Crippen molar-refractivity contribution in [2.75, 3.05) is 0 Å². The van der Waals surface area contributed by atoms with E-state index in [-0.39, 0.29) is 18.1 Å². The lowest BCUT2D eigenvalue weighted by atomic mass is 10.3. The molecule has 0 radical (unpaired) electrons. The van der Waals surface area contributed by atoms with Crippen molar-refractivity contribution in [1.82, 2.24) is 40.1 Å². The topological polar surface area (TPSA) is 103 Å². The van der Waals surface area contributed by atoms with Crippen molar-refractivity contribution in [2.45, 2.75) is 6.54 Å². The maximum Gasteiger partial charge on any atom is 0.273 e. The van der Waals surface area contributed by atoms with Gasteiger partial charge in [0.05, 0.1) is 17.6 Å². The van der Waals surface area contributed by atoms with Crippen LogP contribution in [0.1, 0.15) is 16.3 Å². The maximum absolute atomic E-state index is 12.0. The Morgan fingerprint density at radius 2 is 2.17 bits per heavy atom. The Hall–Kier alpha value is -3.14. The van der Waals surface area contributed by atoms with Crippen LogP contribution in [-0.2, 0) is 13.6 Å². The summed E-state index contributed by atoms with van der Waals surface area (Å²) in [7, 11) is 1.70. The molecule has 4 aromatic heterocycles. The Morgan fingerprint density at radius 3 is 2.92 bits per heavy atom. The van der Waals surface area contributed by atoms with Crippen molar-refractivity contribution in [3.8, 4) is 10.6 Å². The minimum absolute atomic E-state index is 0.192. The molecule has 0 aliphatic heterocycles. The van der Waals surface area contributed by atoms with Crippen molar-refractivity contribution in [3.63, 3.8) is 0 Å². The quantitative estimate of drug-likeness (QED) is 0.592. The van der Waals surface area contributed by atoms with Gasteiger partial charge in [-0.3, -0.25) is 9.48 Å². The van der Waals surface area contributed by atoms with E-state index in [2.05, 4.69) is 30.9 Å². The Balaban J connectivity index is 1.58. The van der Waals surface area contributed by atoms with E-state index in [1.165, 1.54) is 4.68 Å². The first kappa shape index (κ1) is 14.5. The highest BCUT2D eigenvalue weighted by Crippen LogP contribution is 2.22. The van der Waals surface area contributed by atoms with Crippen molar-refractivity contribution < 1.29 is 4.79 Å². The summed E-state index contributed by atoms with van der Waals surface area (Å²) in [6.45, 7) is 0.192. The minimum Gasteiger partial charge on any atom is -0.343 e. The van der Waals surface area contributed by atoms with Crippen LogP contribution in [0.2, 0.25) is 0 Å². The van der Waals surface area contributed by atoms with Crippen LogP contribution in [0.5, 0.6) is 0 Å². The Kier molecular flexibility index (Phi) is 3.50. The van der Waals surface area contributed by atoms with Gasteiger partial charge in [0.25, 0.3) is 5.91 Å². The van der Waals surface area contributed by atoms with Crippen molar-refractivity contribution in [3.05, 3.63) is 47.4 Å². The lowest BCUT2D eigenvalue weighted by Crippen LogP contribution is -2.24. The van der Waals surface area contributed by atoms with E-state index in [1.54, 1.807) is 29.1 Å². The number of nitrogens with one attached hydrogen (secondary N) is 1. The minimum atomic E-state index is -0.325. The number of amides is 1. The van der Waals surface area contributed by atoms with Crippen LogP contribution in [0.3, 0.4) is 0 Å². The van der Waals surface area contributed by atoms with E-state index in [1.807, 2.05) is 29.6 Å². The van der Waals surface area contributed by atoms with Gasteiger partial charge in [0.1, 0.15) is 5.69 Å². The number of rotatable bonds is 4. The van der Waals surface area contributed by atoms with E-state index in [4.69, 9.17) is 0 Å². The molecule has 24 heavy (non-hydrogen) atoms. The molecule has 1 N–H and O–H groups in total. The molecule has 9 nitrogen and oxygen atoms in total. The molecule has 4 heterocycles. The second-order valence-electron chi connectivity index (χ2n) is 5.04. The van der Waals surface area contributed by atoms with Crippen LogP contribution in [-0.4, -0.2) is 40.7 Å². The SMILES string of the molecule is Cn1cc(C(=O)NCc2nnc3ccc(-c4cccs4)nn23)nn1. The summed E-state index contributed by atoms with van der Waals surface area (Å²) in [5.74, 6) is 0.218. The summed E-state index contributed by atoms with van der Waals surface area (Å²) in [4.78, 5) is 13.1. The molecule has 0 atom stereocenters. The number of carbonyl (C=O) groups is 1. The van der Waals surface area contributed by atoms with Gasteiger partial charge >= 0.3 is 0 Å². The molecule has 0 aliphatic carbocycles. The monoisotopic (exact) mass is 340 g/mol. The van der Waals surface area contributed by atoms with Crippen LogP contribution in [0.25, 0.3) is 16.2 Å². The number of carbonyl (C=O) groups excluding carboxylic acids is 1. The summed E-state index contributed by atoms with van der Waals surface area (Å²) in [5, 5.41) is 24.9. The highest BCUT2D eigenvalue weighted by Gasteiger charge is 2.13. The lowest BCUT2D eigenvalue weighted by Gasteiger charge is -2.02. The zero-order chi connectivity index (χ0) is 16.5. The van der Waals surface area contributed by atoms with Gasteiger partial charge in [0, 0.05) is 7.05 Å². The summed E-state index contributed by atoms with van der Waals surface area (Å²) >= 11 is 1.61. The van der Waals surface area contributed by atoms with Gasteiger partial charge in [-0.1, -0.05) is 11.3 Å². The first-order valence-corrected chi connectivity index (χ1v) is 7.98. The van der Waals surface area contributed by atoms with Crippen LogP contribution in [0.15, 0.2) is 35.8 Å². The van der Waals surface area contributed by atoms with Crippen molar-refractivity contribution in [2.24, 2.45) is 7.05 Å². The van der Waals surface area contributed by atoms with E-state index >= 15 is 0 Å². The molecule has 4 rings (SSSR count). The van der Waals surface area contributed by atoms with Gasteiger partial charge in [0.15, 0.2) is 17.2 Å². The highest BCUT2D eigenvalue weighted by molar-refractivity contribution is 7.13. The third-order valence-corrected chi connectivity index (χ3v) is 4.24. The van der Waals surface area contributed by atoms with Gasteiger partial charge in [-0.05, 0) is 23.6 Å². The summed E-state index contributed by atoms with van der Waals surface area (Å²) < 4.78 is 3.10. The van der Waals surface area contributed by atoms with E-state index in [0.29, 0.717) is 11.5 Å². The molecule has 4 aromatic rings.